The Kier molecular flexibility index (Phi) is 6.33. The highest BCUT2D eigenvalue weighted by atomic mass is 16.1. The van der Waals surface area contributed by atoms with Crippen LogP contribution in [0.3, 0.4) is 0 Å². The molecule has 0 spiro atoms. The first-order chi connectivity index (χ1) is 8.29. The molecule has 0 atom stereocenters. The van der Waals surface area contributed by atoms with Crippen LogP contribution in [-0.2, 0) is 6.54 Å². The van der Waals surface area contributed by atoms with Crippen molar-refractivity contribution < 1.29 is 4.79 Å². The van der Waals surface area contributed by atoms with Crippen molar-refractivity contribution in [1.82, 2.24) is 5.32 Å². The largest absolute Gasteiger partial charge is 0.352 e. The smallest absolute Gasteiger partial charge is 0.251 e. The minimum atomic E-state index is -0.0115. The number of carbonyl (C=O) groups is 1. The molecule has 0 bridgehead atoms. The molecule has 0 heterocycles. The van der Waals surface area contributed by atoms with Crippen molar-refractivity contribution in [3.05, 3.63) is 35.4 Å². The van der Waals surface area contributed by atoms with Gasteiger partial charge in [0.25, 0.3) is 5.91 Å². The quantitative estimate of drug-likeness (QED) is 0.712. The minimum absolute atomic E-state index is 0.0115. The number of rotatable bonds is 7. The van der Waals surface area contributed by atoms with E-state index in [-0.39, 0.29) is 5.91 Å². The van der Waals surface area contributed by atoms with Gasteiger partial charge in [0.05, 0.1) is 0 Å². The molecular weight excluding hydrogens is 212 g/mol. The number of benzene rings is 1. The molecule has 17 heavy (non-hydrogen) atoms. The summed E-state index contributed by atoms with van der Waals surface area (Å²) in [6.07, 6.45) is 4.67. The second-order valence-corrected chi connectivity index (χ2v) is 4.18. The summed E-state index contributed by atoms with van der Waals surface area (Å²) in [5, 5.41) is 2.94. The van der Waals surface area contributed by atoms with Gasteiger partial charge in [-0.3, -0.25) is 4.79 Å². The van der Waals surface area contributed by atoms with E-state index in [2.05, 4.69) is 12.2 Å². The van der Waals surface area contributed by atoms with Gasteiger partial charge < -0.3 is 11.1 Å². The zero-order valence-corrected chi connectivity index (χ0v) is 10.5. The van der Waals surface area contributed by atoms with E-state index in [0.29, 0.717) is 12.1 Å². The molecule has 0 aromatic heterocycles. The predicted molar refractivity (Wildman–Crippen MR) is 70.8 cm³/mol. The Hall–Kier alpha value is -1.35. The first-order valence-electron chi connectivity index (χ1n) is 6.35. The van der Waals surface area contributed by atoms with Gasteiger partial charge >= 0.3 is 0 Å². The van der Waals surface area contributed by atoms with E-state index in [1.54, 1.807) is 0 Å². The fraction of sp³-hybridized carbons (Fsp3) is 0.500. The molecule has 0 saturated heterocycles. The Bertz CT molecular complexity index is 350. The van der Waals surface area contributed by atoms with Crippen LogP contribution < -0.4 is 11.1 Å². The van der Waals surface area contributed by atoms with Gasteiger partial charge in [0, 0.05) is 18.7 Å². The van der Waals surface area contributed by atoms with Crippen molar-refractivity contribution in [3.63, 3.8) is 0 Å². The van der Waals surface area contributed by atoms with E-state index in [1.165, 1.54) is 19.3 Å². The van der Waals surface area contributed by atoms with Gasteiger partial charge in [-0.05, 0) is 18.1 Å². The number of hydrogen-bond acceptors (Lipinski definition) is 2. The summed E-state index contributed by atoms with van der Waals surface area (Å²) < 4.78 is 0. The molecule has 0 aliphatic heterocycles. The third-order valence-corrected chi connectivity index (χ3v) is 2.80. The molecule has 0 aliphatic carbocycles. The maximum atomic E-state index is 11.9. The summed E-state index contributed by atoms with van der Waals surface area (Å²) in [5.41, 5.74) is 7.20. The molecule has 0 aliphatic rings. The number of amides is 1. The van der Waals surface area contributed by atoms with E-state index >= 15 is 0 Å². The Labute approximate surface area is 103 Å². The van der Waals surface area contributed by atoms with Crippen molar-refractivity contribution >= 4 is 5.91 Å². The van der Waals surface area contributed by atoms with E-state index < -0.39 is 0 Å². The van der Waals surface area contributed by atoms with E-state index in [4.69, 9.17) is 5.73 Å². The van der Waals surface area contributed by atoms with Crippen LogP contribution >= 0.6 is 0 Å². The monoisotopic (exact) mass is 234 g/mol. The average Bonchev–Trinajstić information content (AvgIpc) is 2.38. The molecule has 3 N–H and O–H groups in total. The Balaban J connectivity index is 2.41. The molecule has 0 radical (unpaired) electrons. The topological polar surface area (TPSA) is 55.1 Å². The zero-order chi connectivity index (χ0) is 12.5. The molecule has 1 amide bonds. The Morgan fingerprint density at radius 2 is 2.00 bits per heavy atom. The Morgan fingerprint density at radius 3 is 2.71 bits per heavy atom. The standard InChI is InChI=1S/C14H22N2O/c1-2-3-4-7-10-16-14(17)13-9-6-5-8-12(13)11-15/h5-6,8-9H,2-4,7,10-11,15H2,1H3,(H,16,17). The highest BCUT2D eigenvalue weighted by Gasteiger charge is 2.08. The zero-order valence-electron chi connectivity index (χ0n) is 10.5. The molecule has 0 fully saturated rings. The summed E-state index contributed by atoms with van der Waals surface area (Å²) in [5.74, 6) is -0.0115. The van der Waals surface area contributed by atoms with Gasteiger partial charge in [0.2, 0.25) is 0 Å². The second-order valence-electron chi connectivity index (χ2n) is 4.18. The van der Waals surface area contributed by atoms with Crippen molar-refractivity contribution in [3.8, 4) is 0 Å². The van der Waals surface area contributed by atoms with Crippen LogP contribution in [0.4, 0.5) is 0 Å². The lowest BCUT2D eigenvalue weighted by Crippen LogP contribution is -2.26. The van der Waals surface area contributed by atoms with Crippen LogP contribution in [-0.4, -0.2) is 12.5 Å². The van der Waals surface area contributed by atoms with Crippen LogP contribution in [0.2, 0.25) is 0 Å². The molecule has 0 unspecified atom stereocenters. The lowest BCUT2D eigenvalue weighted by molar-refractivity contribution is 0.0952. The maximum Gasteiger partial charge on any atom is 0.251 e. The Morgan fingerprint density at radius 1 is 1.24 bits per heavy atom. The summed E-state index contributed by atoms with van der Waals surface area (Å²) in [4.78, 5) is 11.9. The van der Waals surface area contributed by atoms with Gasteiger partial charge in [-0.25, -0.2) is 0 Å². The lowest BCUT2D eigenvalue weighted by Gasteiger charge is -2.08. The van der Waals surface area contributed by atoms with Crippen LogP contribution in [0.15, 0.2) is 24.3 Å². The van der Waals surface area contributed by atoms with Crippen molar-refractivity contribution in [2.75, 3.05) is 6.54 Å². The normalized spacial score (nSPS) is 10.2. The van der Waals surface area contributed by atoms with Crippen molar-refractivity contribution in [2.24, 2.45) is 5.73 Å². The SMILES string of the molecule is CCCCCCNC(=O)c1ccccc1CN. The number of carbonyl (C=O) groups excluding carboxylic acids is 1. The van der Waals surface area contributed by atoms with Gasteiger partial charge in [-0.1, -0.05) is 44.4 Å². The predicted octanol–water partition coefficient (Wildman–Crippen LogP) is 2.46. The third-order valence-electron chi connectivity index (χ3n) is 2.80. The fourth-order valence-corrected chi connectivity index (χ4v) is 1.77. The molecular formula is C14H22N2O. The molecule has 3 heteroatoms. The summed E-state index contributed by atoms with van der Waals surface area (Å²) in [6, 6.07) is 7.49. The molecule has 1 aromatic rings. The van der Waals surface area contributed by atoms with Gasteiger partial charge in [-0.2, -0.15) is 0 Å². The fourth-order valence-electron chi connectivity index (χ4n) is 1.77. The molecule has 0 saturated carbocycles. The highest BCUT2D eigenvalue weighted by molar-refractivity contribution is 5.95. The third kappa shape index (κ3) is 4.57. The number of hydrogen-bond donors (Lipinski definition) is 2. The summed E-state index contributed by atoms with van der Waals surface area (Å²) >= 11 is 0. The van der Waals surface area contributed by atoms with E-state index in [1.807, 2.05) is 24.3 Å². The lowest BCUT2D eigenvalue weighted by atomic mass is 10.1. The van der Waals surface area contributed by atoms with E-state index in [9.17, 15) is 4.79 Å². The first kappa shape index (κ1) is 13.7. The molecule has 94 valence electrons. The number of unbranched alkanes of at least 4 members (excludes halogenated alkanes) is 3. The van der Waals surface area contributed by atoms with Crippen LogP contribution in [0.1, 0.15) is 48.5 Å². The van der Waals surface area contributed by atoms with Crippen LogP contribution in [0.25, 0.3) is 0 Å². The first-order valence-corrected chi connectivity index (χ1v) is 6.35. The van der Waals surface area contributed by atoms with Crippen LogP contribution in [0.5, 0.6) is 0 Å². The molecule has 3 nitrogen and oxygen atoms in total. The summed E-state index contributed by atoms with van der Waals surface area (Å²) in [7, 11) is 0. The van der Waals surface area contributed by atoms with Gasteiger partial charge in [0.15, 0.2) is 0 Å². The van der Waals surface area contributed by atoms with Crippen molar-refractivity contribution in [2.45, 2.75) is 39.2 Å². The highest BCUT2D eigenvalue weighted by Crippen LogP contribution is 2.07. The maximum absolute atomic E-state index is 11.9. The molecule has 1 aromatic carbocycles. The number of nitrogens with two attached hydrogens (primary N) is 1. The van der Waals surface area contributed by atoms with Gasteiger partial charge in [-0.15, -0.1) is 0 Å². The second kappa shape index (κ2) is 7.85. The minimum Gasteiger partial charge on any atom is -0.352 e. The van der Waals surface area contributed by atoms with Crippen molar-refractivity contribution in [1.29, 1.82) is 0 Å². The van der Waals surface area contributed by atoms with E-state index in [0.717, 1.165) is 18.5 Å². The average molecular weight is 234 g/mol. The van der Waals surface area contributed by atoms with Gasteiger partial charge in [0.1, 0.15) is 0 Å². The molecule has 1 rings (SSSR count). The number of nitrogens with one attached hydrogen (secondary N) is 1. The van der Waals surface area contributed by atoms with Crippen LogP contribution in [0, 0.1) is 0 Å². The summed E-state index contributed by atoms with van der Waals surface area (Å²) in [6.45, 7) is 3.33.